The standard InChI is InChI=1S/C13H11F2N3O3/c1-6-4-10(11(16-6)12(19)20)18-13(21)17-9-3-2-7(14)5-8(9)15/h2-5,16H,1H3,(H,19,20)(H2,17,18,21). The van der Waals surface area contributed by atoms with E-state index in [0.717, 1.165) is 12.1 Å². The van der Waals surface area contributed by atoms with Crippen LogP contribution in [0.5, 0.6) is 0 Å². The number of carboxylic acid groups (broad SMARTS) is 1. The van der Waals surface area contributed by atoms with Gasteiger partial charge < -0.3 is 20.7 Å². The van der Waals surface area contributed by atoms with Crippen LogP contribution in [0.3, 0.4) is 0 Å². The van der Waals surface area contributed by atoms with E-state index in [2.05, 4.69) is 15.6 Å². The fourth-order valence-corrected chi connectivity index (χ4v) is 1.72. The summed E-state index contributed by atoms with van der Waals surface area (Å²) >= 11 is 0. The van der Waals surface area contributed by atoms with Gasteiger partial charge in [0, 0.05) is 11.8 Å². The van der Waals surface area contributed by atoms with Crippen molar-refractivity contribution in [3.63, 3.8) is 0 Å². The van der Waals surface area contributed by atoms with E-state index >= 15 is 0 Å². The van der Waals surface area contributed by atoms with Crippen LogP contribution in [0.4, 0.5) is 25.0 Å². The molecule has 2 amide bonds. The maximum absolute atomic E-state index is 13.4. The highest BCUT2D eigenvalue weighted by atomic mass is 19.1. The number of hydrogen-bond donors (Lipinski definition) is 4. The first-order valence-electron chi connectivity index (χ1n) is 5.83. The smallest absolute Gasteiger partial charge is 0.354 e. The van der Waals surface area contributed by atoms with Crippen LogP contribution in [0.2, 0.25) is 0 Å². The number of urea groups is 1. The minimum atomic E-state index is -1.24. The molecule has 1 aromatic carbocycles. The minimum Gasteiger partial charge on any atom is -0.477 e. The number of benzene rings is 1. The summed E-state index contributed by atoms with van der Waals surface area (Å²) < 4.78 is 26.1. The van der Waals surface area contributed by atoms with Gasteiger partial charge in [0.25, 0.3) is 0 Å². The van der Waals surface area contributed by atoms with Crippen LogP contribution < -0.4 is 10.6 Å². The molecule has 0 spiro atoms. The molecule has 4 N–H and O–H groups in total. The summed E-state index contributed by atoms with van der Waals surface area (Å²) in [6.45, 7) is 1.62. The van der Waals surface area contributed by atoms with Gasteiger partial charge in [0.15, 0.2) is 0 Å². The van der Waals surface area contributed by atoms with E-state index in [4.69, 9.17) is 5.11 Å². The molecule has 0 saturated carbocycles. The fraction of sp³-hybridized carbons (Fsp3) is 0.0769. The van der Waals surface area contributed by atoms with Gasteiger partial charge >= 0.3 is 12.0 Å². The number of carbonyl (C=O) groups is 2. The number of carboxylic acids is 1. The van der Waals surface area contributed by atoms with Gasteiger partial charge in [-0.05, 0) is 25.1 Å². The summed E-state index contributed by atoms with van der Waals surface area (Å²) in [6.07, 6.45) is 0. The van der Waals surface area contributed by atoms with Crippen LogP contribution in [-0.4, -0.2) is 22.1 Å². The molecule has 8 heteroatoms. The zero-order valence-corrected chi connectivity index (χ0v) is 10.8. The minimum absolute atomic E-state index is 0.0417. The molecule has 0 aliphatic heterocycles. The van der Waals surface area contributed by atoms with Crippen molar-refractivity contribution in [1.29, 1.82) is 0 Å². The molecular weight excluding hydrogens is 284 g/mol. The van der Waals surface area contributed by atoms with E-state index in [9.17, 15) is 18.4 Å². The van der Waals surface area contributed by atoms with Crippen LogP contribution in [0.1, 0.15) is 16.2 Å². The van der Waals surface area contributed by atoms with Gasteiger partial charge in [0.1, 0.15) is 17.3 Å². The van der Waals surface area contributed by atoms with E-state index in [1.165, 1.54) is 6.07 Å². The van der Waals surface area contributed by atoms with Crippen LogP contribution in [0.15, 0.2) is 24.3 Å². The number of nitrogens with one attached hydrogen (secondary N) is 3. The lowest BCUT2D eigenvalue weighted by molar-refractivity contribution is 0.0692. The number of anilines is 2. The molecule has 110 valence electrons. The second-order valence-corrected chi connectivity index (χ2v) is 4.25. The molecular formula is C13H11F2N3O3. The predicted molar refractivity (Wildman–Crippen MR) is 71.5 cm³/mol. The first-order valence-corrected chi connectivity index (χ1v) is 5.83. The lowest BCUT2D eigenvalue weighted by atomic mass is 10.3. The van der Waals surface area contributed by atoms with Crippen molar-refractivity contribution in [3.05, 3.63) is 47.3 Å². The van der Waals surface area contributed by atoms with Gasteiger partial charge in [-0.15, -0.1) is 0 Å². The molecule has 0 saturated heterocycles. The van der Waals surface area contributed by atoms with E-state index < -0.39 is 23.6 Å². The lowest BCUT2D eigenvalue weighted by Crippen LogP contribution is -2.21. The normalized spacial score (nSPS) is 10.2. The SMILES string of the molecule is Cc1cc(NC(=O)Nc2ccc(F)cc2F)c(C(=O)O)[nH]1. The fourth-order valence-electron chi connectivity index (χ4n) is 1.72. The highest BCUT2D eigenvalue weighted by Gasteiger charge is 2.16. The van der Waals surface area contributed by atoms with Gasteiger partial charge in [0.2, 0.25) is 0 Å². The summed E-state index contributed by atoms with van der Waals surface area (Å²) in [5.74, 6) is -2.95. The number of halogens is 2. The van der Waals surface area contributed by atoms with Crippen LogP contribution >= 0.6 is 0 Å². The topological polar surface area (TPSA) is 94.2 Å². The molecule has 2 aromatic rings. The predicted octanol–water partition coefficient (Wildman–Crippen LogP) is 2.94. The van der Waals surface area contributed by atoms with E-state index in [1.807, 2.05) is 0 Å². The lowest BCUT2D eigenvalue weighted by Gasteiger charge is -2.08. The second kappa shape index (κ2) is 5.61. The average Bonchev–Trinajstić information content (AvgIpc) is 2.74. The number of rotatable bonds is 3. The average molecular weight is 295 g/mol. The maximum Gasteiger partial charge on any atom is 0.354 e. The van der Waals surface area contributed by atoms with Gasteiger partial charge in [-0.3, -0.25) is 0 Å². The van der Waals surface area contributed by atoms with Crippen molar-refractivity contribution in [2.45, 2.75) is 6.92 Å². The van der Waals surface area contributed by atoms with E-state index in [-0.39, 0.29) is 17.1 Å². The van der Waals surface area contributed by atoms with Crippen LogP contribution in [-0.2, 0) is 0 Å². The monoisotopic (exact) mass is 295 g/mol. The summed E-state index contributed by atoms with van der Waals surface area (Å²) in [7, 11) is 0. The van der Waals surface area contributed by atoms with Gasteiger partial charge in [-0.25, -0.2) is 18.4 Å². The van der Waals surface area contributed by atoms with Gasteiger partial charge in [0.05, 0.1) is 11.4 Å². The molecule has 0 unspecified atom stereocenters. The van der Waals surface area contributed by atoms with E-state index in [1.54, 1.807) is 6.92 Å². The molecule has 0 aliphatic rings. The summed E-state index contributed by atoms with van der Waals surface area (Å²) in [4.78, 5) is 25.2. The van der Waals surface area contributed by atoms with Gasteiger partial charge in [-0.1, -0.05) is 0 Å². The Morgan fingerprint density at radius 2 is 1.81 bits per heavy atom. The Morgan fingerprint density at radius 3 is 2.43 bits per heavy atom. The molecule has 0 radical (unpaired) electrons. The molecule has 0 bridgehead atoms. The van der Waals surface area contributed by atoms with Crippen molar-refractivity contribution in [2.24, 2.45) is 0 Å². The quantitative estimate of drug-likeness (QED) is 0.701. The number of amides is 2. The zero-order chi connectivity index (χ0) is 15.6. The summed E-state index contributed by atoms with van der Waals surface area (Å²) in [5.41, 5.74) is 0.163. The Balaban J connectivity index is 2.13. The van der Waals surface area contributed by atoms with Crippen molar-refractivity contribution < 1.29 is 23.5 Å². The van der Waals surface area contributed by atoms with Crippen molar-refractivity contribution in [3.8, 4) is 0 Å². The molecule has 1 aromatic heterocycles. The third-order valence-corrected chi connectivity index (χ3v) is 2.59. The number of aromatic amines is 1. The number of aromatic nitrogens is 1. The molecule has 0 fully saturated rings. The van der Waals surface area contributed by atoms with Crippen molar-refractivity contribution in [1.82, 2.24) is 4.98 Å². The Labute approximate surface area is 117 Å². The number of carbonyl (C=O) groups excluding carboxylic acids is 1. The molecule has 2 rings (SSSR count). The van der Waals surface area contributed by atoms with Crippen molar-refractivity contribution >= 4 is 23.4 Å². The summed E-state index contributed by atoms with van der Waals surface area (Å²) in [5, 5.41) is 13.4. The number of aromatic carboxylic acids is 1. The third-order valence-electron chi connectivity index (χ3n) is 2.59. The Kier molecular flexibility index (Phi) is 3.88. The molecule has 1 heterocycles. The zero-order valence-electron chi connectivity index (χ0n) is 10.8. The van der Waals surface area contributed by atoms with E-state index in [0.29, 0.717) is 11.8 Å². The third kappa shape index (κ3) is 3.35. The molecule has 6 nitrogen and oxygen atoms in total. The second-order valence-electron chi connectivity index (χ2n) is 4.25. The Morgan fingerprint density at radius 1 is 1.14 bits per heavy atom. The number of H-pyrrole nitrogens is 1. The number of aryl methyl sites for hydroxylation is 1. The Hall–Kier alpha value is -2.90. The first-order chi connectivity index (χ1) is 9.86. The van der Waals surface area contributed by atoms with Crippen molar-refractivity contribution in [2.75, 3.05) is 10.6 Å². The highest BCUT2D eigenvalue weighted by molar-refractivity contribution is 6.04. The van der Waals surface area contributed by atoms with Gasteiger partial charge in [-0.2, -0.15) is 0 Å². The van der Waals surface area contributed by atoms with Crippen LogP contribution in [0.25, 0.3) is 0 Å². The molecule has 0 atom stereocenters. The number of hydrogen-bond acceptors (Lipinski definition) is 2. The van der Waals surface area contributed by atoms with Crippen LogP contribution in [0, 0.1) is 18.6 Å². The summed E-state index contributed by atoms with van der Waals surface area (Å²) in [6, 6.07) is 3.25. The Bertz CT molecular complexity index is 713. The highest BCUT2D eigenvalue weighted by Crippen LogP contribution is 2.19. The maximum atomic E-state index is 13.4. The molecule has 21 heavy (non-hydrogen) atoms. The molecule has 0 aliphatic carbocycles. The first kappa shape index (κ1) is 14.5. The largest absolute Gasteiger partial charge is 0.477 e.